The second kappa shape index (κ2) is 23.0. The Balaban J connectivity index is 0.000000551. The average molecular weight is 805 g/mol. The summed E-state index contributed by atoms with van der Waals surface area (Å²) < 4.78 is 129. The highest BCUT2D eigenvalue weighted by Gasteiger charge is 2.58. The number of para-hydroxylation sites is 1. The second-order valence-electron chi connectivity index (χ2n) is 12.4. The van der Waals surface area contributed by atoms with Crippen LogP contribution in [0.3, 0.4) is 0 Å². The molecule has 0 fully saturated rings. The number of carbonyl (C=O) groups is 4. The lowest BCUT2D eigenvalue weighted by Crippen LogP contribution is -2.52. The van der Waals surface area contributed by atoms with Crippen LogP contribution in [0, 0.1) is 17.5 Å². The number of rotatable bonds is 21. The lowest BCUT2D eigenvalue weighted by Gasteiger charge is -2.27. The molecule has 0 radical (unpaired) electrons. The molecule has 310 valence electrons. The van der Waals surface area contributed by atoms with Crippen LogP contribution in [0.15, 0.2) is 42.5 Å². The highest BCUT2D eigenvalue weighted by Crippen LogP contribution is 2.35. The fraction of sp³-hybridized carbons (Fsp3) is 0.543. The zero-order chi connectivity index (χ0) is 42.0. The number of methoxy groups -OCH3 is 1. The van der Waals surface area contributed by atoms with Gasteiger partial charge in [-0.3, -0.25) is 19.2 Å². The summed E-state index contributed by atoms with van der Waals surface area (Å²) in [6, 6.07) is 5.91. The van der Waals surface area contributed by atoms with E-state index in [1.54, 1.807) is 0 Å². The number of carbonyl (C=O) groups excluding carboxylic acids is 4. The van der Waals surface area contributed by atoms with Gasteiger partial charge in [0, 0.05) is 12.7 Å². The number of nitrogens with one attached hydrogen (secondary N) is 2. The number of ketones is 2. The first kappa shape index (κ1) is 48.7. The van der Waals surface area contributed by atoms with E-state index >= 15 is 0 Å². The van der Waals surface area contributed by atoms with Crippen LogP contribution in [0.4, 0.5) is 39.5 Å². The van der Waals surface area contributed by atoms with Gasteiger partial charge in [-0.15, -0.1) is 0 Å². The molecule has 2 rings (SSSR count). The van der Waals surface area contributed by atoms with Crippen molar-refractivity contribution in [3.63, 3.8) is 0 Å². The normalized spacial score (nSPS) is 13.0. The molecule has 2 amide bonds. The summed E-state index contributed by atoms with van der Waals surface area (Å²) in [4.78, 5) is 49.0. The first-order valence-corrected chi connectivity index (χ1v) is 16.8. The van der Waals surface area contributed by atoms with Crippen LogP contribution in [0.5, 0.6) is 5.75 Å². The van der Waals surface area contributed by atoms with E-state index in [4.69, 9.17) is 20.9 Å². The molecule has 1 unspecified atom stereocenters. The summed E-state index contributed by atoms with van der Waals surface area (Å²) in [5.74, 6) is -6.19. The van der Waals surface area contributed by atoms with Crippen LogP contribution >= 0.6 is 0 Å². The van der Waals surface area contributed by atoms with E-state index in [2.05, 4.69) is 15.4 Å². The number of halogens is 9. The van der Waals surface area contributed by atoms with Gasteiger partial charge >= 0.3 is 12.4 Å². The minimum absolute atomic E-state index is 0.0202. The van der Waals surface area contributed by atoms with Gasteiger partial charge in [-0.2, -0.15) is 26.3 Å². The molecule has 0 aliphatic heterocycles. The predicted octanol–water partition coefficient (Wildman–Crippen LogP) is 5.08. The summed E-state index contributed by atoms with van der Waals surface area (Å²) in [7, 11) is 1.23. The third-order valence-electron chi connectivity index (χ3n) is 7.69. The molecule has 0 bridgehead atoms. The lowest BCUT2D eigenvalue weighted by molar-refractivity contribution is -0.319. The van der Waals surface area contributed by atoms with E-state index in [0.29, 0.717) is 32.2 Å². The monoisotopic (exact) mass is 804 g/mol. The molecule has 55 heavy (non-hydrogen) atoms. The van der Waals surface area contributed by atoms with Crippen LogP contribution in [-0.4, -0.2) is 92.9 Å². The third-order valence-corrected chi connectivity index (χ3v) is 7.69. The van der Waals surface area contributed by atoms with Crippen molar-refractivity contribution in [1.29, 1.82) is 0 Å². The van der Waals surface area contributed by atoms with Gasteiger partial charge in [0.05, 0.1) is 12.1 Å². The Labute approximate surface area is 311 Å². The molecule has 2 aromatic rings. The SMILES string of the molecule is COC(C)(C)C(=O)NC(CCCCN)C(=O)COC(C(F)(F)F)C(F)(F)F.NCCCC[C@H](NC(=O)c1cccc(F)c1)C(=O)COc1c(F)cccc1F. The van der Waals surface area contributed by atoms with Gasteiger partial charge in [0.25, 0.3) is 11.8 Å². The molecule has 0 aliphatic carbocycles. The molecule has 2 aromatic carbocycles. The maximum Gasteiger partial charge on any atom is 0.423 e. The van der Waals surface area contributed by atoms with Crippen molar-refractivity contribution in [3.8, 4) is 5.75 Å². The fourth-order valence-electron chi connectivity index (χ4n) is 4.41. The van der Waals surface area contributed by atoms with Gasteiger partial charge in [0.1, 0.15) is 24.6 Å². The van der Waals surface area contributed by atoms with Crippen LogP contribution < -0.4 is 26.8 Å². The molecule has 6 N–H and O–H groups in total. The topological polar surface area (TPSA) is 172 Å². The van der Waals surface area contributed by atoms with Gasteiger partial charge < -0.3 is 36.3 Å². The minimum Gasteiger partial charge on any atom is -0.480 e. The van der Waals surface area contributed by atoms with Gasteiger partial charge in [0.15, 0.2) is 29.0 Å². The summed E-state index contributed by atoms with van der Waals surface area (Å²) in [6.45, 7) is 1.33. The van der Waals surface area contributed by atoms with Crippen LogP contribution in [0.1, 0.15) is 62.7 Å². The Bertz CT molecular complexity index is 1510. The number of ether oxygens (including phenoxy) is 3. The Morgan fingerprint density at radius 2 is 1.22 bits per heavy atom. The lowest BCUT2D eigenvalue weighted by atomic mass is 10.0. The zero-order valence-electron chi connectivity index (χ0n) is 30.3. The van der Waals surface area contributed by atoms with E-state index in [-0.39, 0.29) is 24.9 Å². The molecule has 2 atom stereocenters. The fourth-order valence-corrected chi connectivity index (χ4v) is 4.41. The number of benzene rings is 2. The Morgan fingerprint density at radius 1 is 0.727 bits per heavy atom. The Hall–Kier alpha value is -4.27. The van der Waals surface area contributed by atoms with Gasteiger partial charge in [0.2, 0.25) is 6.10 Å². The molecule has 0 heterocycles. The Morgan fingerprint density at radius 3 is 1.69 bits per heavy atom. The molecule has 20 heteroatoms. The number of alkyl halides is 6. The average Bonchev–Trinajstić information content (AvgIpc) is 3.09. The van der Waals surface area contributed by atoms with Gasteiger partial charge in [-0.05, 0) is 95.8 Å². The zero-order valence-corrected chi connectivity index (χ0v) is 30.3. The molecule has 0 saturated heterocycles. The smallest absolute Gasteiger partial charge is 0.423 e. The maximum absolute atomic E-state index is 13.6. The minimum atomic E-state index is -5.73. The van der Waals surface area contributed by atoms with Gasteiger partial charge in [-0.25, -0.2) is 13.2 Å². The van der Waals surface area contributed by atoms with Crippen molar-refractivity contribution in [2.24, 2.45) is 11.5 Å². The van der Waals surface area contributed by atoms with Crippen molar-refractivity contribution in [3.05, 3.63) is 65.5 Å². The first-order chi connectivity index (χ1) is 25.6. The van der Waals surface area contributed by atoms with Crippen LogP contribution in [0.2, 0.25) is 0 Å². The molecule has 0 saturated carbocycles. The molecule has 11 nitrogen and oxygen atoms in total. The Kier molecular flexibility index (Phi) is 20.3. The molecular formula is C35H45F9N4O7. The number of hydrogen-bond donors (Lipinski definition) is 4. The number of hydrogen-bond acceptors (Lipinski definition) is 9. The van der Waals surface area contributed by atoms with E-state index < -0.39 is 95.9 Å². The van der Waals surface area contributed by atoms with Crippen molar-refractivity contribution in [2.75, 3.05) is 33.4 Å². The summed E-state index contributed by atoms with van der Waals surface area (Å²) in [5, 5.41) is 4.79. The number of nitrogens with two attached hydrogens (primary N) is 2. The van der Waals surface area contributed by atoms with E-state index in [0.717, 1.165) is 18.2 Å². The number of Topliss-reactive ketones (excluding diaryl/α,β-unsaturated/α-hetero) is 2. The van der Waals surface area contributed by atoms with E-state index in [1.807, 2.05) is 0 Å². The summed E-state index contributed by atoms with van der Waals surface area (Å²) >= 11 is 0. The molecule has 0 spiro atoms. The summed E-state index contributed by atoms with van der Waals surface area (Å²) in [5.41, 5.74) is 9.46. The van der Waals surface area contributed by atoms with E-state index in [9.17, 15) is 58.7 Å². The van der Waals surface area contributed by atoms with Gasteiger partial charge in [-0.1, -0.05) is 12.1 Å². The van der Waals surface area contributed by atoms with Crippen molar-refractivity contribution in [1.82, 2.24) is 10.6 Å². The first-order valence-electron chi connectivity index (χ1n) is 16.8. The standard InChI is InChI=1S/C20H21F3N2O3.C15H24F6N2O4/c21-14-6-3-5-13(11-14)20(27)25-17(9-1-2-10-24)18(26)12-28-19-15(22)7-4-8-16(19)23;1-13(2,26-3)12(25)23-9(6-4-5-7-22)10(24)8-27-11(14(16,17)18)15(19,20)21/h3-8,11,17H,1-2,9-10,12,24H2,(H,25,27);9,11H,4-8,22H2,1-3H3,(H,23,25)/t17-;/m0./s1. The maximum atomic E-state index is 13.6. The largest absolute Gasteiger partial charge is 0.480 e. The number of unbranched alkanes of at least 4 members (excludes halogenated alkanes) is 2. The van der Waals surface area contributed by atoms with E-state index in [1.165, 1.54) is 45.2 Å². The van der Waals surface area contributed by atoms with Crippen molar-refractivity contribution >= 4 is 23.4 Å². The highest BCUT2D eigenvalue weighted by molar-refractivity contribution is 5.98. The van der Waals surface area contributed by atoms with Crippen LogP contribution in [0.25, 0.3) is 0 Å². The van der Waals surface area contributed by atoms with Crippen LogP contribution in [-0.2, 0) is 23.9 Å². The predicted molar refractivity (Wildman–Crippen MR) is 180 cm³/mol. The third kappa shape index (κ3) is 17.4. The molecule has 0 aromatic heterocycles. The molecule has 0 aliphatic rings. The summed E-state index contributed by atoms with van der Waals surface area (Å²) in [6.07, 6.45) is -13.4. The quantitative estimate of drug-likeness (QED) is 0.0992. The second-order valence-corrected chi connectivity index (χ2v) is 12.4. The molecular weight excluding hydrogens is 759 g/mol. The number of amides is 2. The van der Waals surface area contributed by atoms with Crippen molar-refractivity contribution < 1.29 is 72.9 Å². The highest BCUT2D eigenvalue weighted by atomic mass is 19.4. The van der Waals surface area contributed by atoms with Crippen molar-refractivity contribution in [2.45, 2.75) is 88.5 Å².